The van der Waals surface area contributed by atoms with Gasteiger partial charge < -0.3 is 25.4 Å². The number of nitrogens with two attached hydrogens (primary N) is 1. The smallest absolute Gasteiger partial charge is 0.167 e. The molecular weight excluding hydrogens is 290 g/mol. The van der Waals surface area contributed by atoms with Crippen LogP contribution in [0.5, 0.6) is 0 Å². The Morgan fingerprint density at radius 3 is 2.86 bits per heavy atom. The zero-order chi connectivity index (χ0) is 15.3. The van der Waals surface area contributed by atoms with Crippen LogP contribution in [0.15, 0.2) is 12.7 Å². The molecule has 2 aromatic heterocycles. The third-order valence-corrected chi connectivity index (χ3v) is 4.02. The van der Waals surface area contributed by atoms with Crippen LogP contribution < -0.4 is 5.73 Å². The highest BCUT2D eigenvalue weighted by Gasteiger charge is 2.45. The van der Waals surface area contributed by atoms with Crippen LogP contribution in [-0.4, -0.2) is 60.8 Å². The van der Waals surface area contributed by atoms with Crippen LogP contribution >= 0.6 is 0 Å². The molecule has 4 N–H and O–H groups in total. The predicted octanol–water partition coefficient (Wildman–Crippen LogP) is -0.793. The van der Waals surface area contributed by atoms with Gasteiger partial charge in [-0.2, -0.15) is 0 Å². The number of imidazole rings is 1. The predicted molar refractivity (Wildman–Crippen MR) is 74.6 cm³/mol. The average molecular weight is 307 g/mol. The van der Waals surface area contributed by atoms with Gasteiger partial charge in [0.25, 0.3) is 0 Å². The Morgan fingerprint density at radius 1 is 1.27 bits per heavy atom. The quantitative estimate of drug-likeness (QED) is 0.670. The molecule has 0 aromatic carbocycles. The number of nitrogen functional groups attached to an aromatic ring is 1. The normalized spacial score (nSPS) is 31.9. The van der Waals surface area contributed by atoms with Gasteiger partial charge in [-0.25, -0.2) is 15.0 Å². The van der Waals surface area contributed by atoms with Crippen LogP contribution in [-0.2, 0) is 9.47 Å². The molecule has 1 aliphatic carbocycles. The van der Waals surface area contributed by atoms with Crippen molar-refractivity contribution in [3.63, 3.8) is 0 Å². The molecule has 0 bridgehead atoms. The molecule has 3 heterocycles. The van der Waals surface area contributed by atoms with Crippen LogP contribution in [0, 0.1) is 0 Å². The van der Waals surface area contributed by atoms with E-state index in [4.69, 9.17) is 15.2 Å². The van der Waals surface area contributed by atoms with Crippen LogP contribution in [0.4, 0.5) is 5.82 Å². The molecule has 4 unspecified atom stereocenters. The summed E-state index contributed by atoms with van der Waals surface area (Å²) < 4.78 is 12.9. The minimum absolute atomic E-state index is 0.253. The molecule has 0 amide bonds. The first kappa shape index (κ1) is 13.8. The lowest BCUT2D eigenvalue weighted by Gasteiger charge is -2.16. The summed E-state index contributed by atoms with van der Waals surface area (Å²) in [4.78, 5) is 12.1. The number of aliphatic hydroxyl groups excluding tert-OH is 2. The largest absolute Gasteiger partial charge is 0.387 e. The molecule has 2 aromatic rings. The molecule has 4 atom stereocenters. The first-order valence-corrected chi connectivity index (χ1v) is 7.21. The lowest BCUT2D eigenvalue weighted by molar-refractivity contribution is -0.0682. The molecule has 118 valence electrons. The SMILES string of the molecule is Nc1ncnc2c1ncn2C1OC(COC2CC2)C(O)C1O. The van der Waals surface area contributed by atoms with Gasteiger partial charge >= 0.3 is 0 Å². The number of nitrogens with zero attached hydrogens (tertiary/aromatic N) is 4. The number of hydrogen-bond acceptors (Lipinski definition) is 8. The van der Waals surface area contributed by atoms with E-state index in [2.05, 4.69) is 15.0 Å². The van der Waals surface area contributed by atoms with Gasteiger partial charge in [-0.15, -0.1) is 0 Å². The van der Waals surface area contributed by atoms with Gasteiger partial charge in [0, 0.05) is 0 Å². The van der Waals surface area contributed by atoms with Crippen molar-refractivity contribution in [2.75, 3.05) is 12.3 Å². The van der Waals surface area contributed by atoms with E-state index >= 15 is 0 Å². The van der Waals surface area contributed by atoms with E-state index in [9.17, 15) is 10.2 Å². The highest BCUT2D eigenvalue weighted by Crippen LogP contribution is 2.33. The number of hydrogen-bond donors (Lipinski definition) is 3. The van der Waals surface area contributed by atoms with Crippen molar-refractivity contribution >= 4 is 17.0 Å². The summed E-state index contributed by atoms with van der Waals surface area (Å²) in [7, 11) is 0. The summed E-state index contributed by atoms with van der Waals surface area (Å²) in [6.45, 7) is 0.253. The second-order valence-corrected chi connectivity index (χ2v) is 5.66. The summed E-state index contributed by atoms with van der Waals surface area (Å²) in [5.74, 6) is 0.255. The van der Waals surface area contributed by atoms with Crippen molar-refractivity contribution in [2.45, 2.75) is 43.5 Å². The number of ether oxygens (including phenoxy) is 2. The maximum Gasteiger partial charge on any atom is 0.167 e. The Kier molecular flexibility index (Phi) is 3.22. The maximum atomic E-state index is 10.3. The molecule has 9 heteroatoms. The number of aliphatic hydroxyl groups is 2. The van der Waals surface area contributed by atoms with Gasteiger partial charge in [0.05, 0.1) is 19.0 Å². The third-order valence-electron chi connectivity index (χ3n) is 4.02. The van der Waals surface area contributed by atoms with Crippen molar-refractivity contribution < 1.29 is 19.7 Å². The Hall–Kier alpha value is -1.81. The molecular formula is C13H17N5O4. The molecule has 1 saturated heterocycles. The molecule has 0 radical (unpaired) electrons. The van der Waals surface area contributed by atoms with E-state index in [1.54, 1.807) is 4.57 Å². The first-order chi connectivity index (χ1) is 10.6. The van der Waals surface area contributed by atoms with Gasteiger partial charge in [0.1, 0.15) is 30.2 Å². The number of aromatic nitrogens is 4. The lowest BCUT2D eigenvalue weighted by Crippen LogP contribution is -2.34. The van der Waals surface area contributed by atoms with Gasteiger partial charge in [0.2, 0.25) is 0 Å². The van der Waals surface area contributed by atoms with Gasteiger partial charge in [0.15, 0.2) is 17.7 Å². The zero-order valence-electron chi connectivity index (χ0n) is 11.7. The molecule has 0 spiro atoms. The van der Waals surface area contributed by atoms with E-state index in [-0.39, 0.29) is 18.5 Å². The van der Waals surface area contributed by atoms with E-state index in [0.717, 1.165) is 12.8 Å². The fourth-order valence-corrected chi connectivity index (χ4v) is 2.62. The van der Waals surface area contributed by atoms with Crippen molar-refractivity contribution in [3.8, 4) is 0 Å². The van der Waals surface area contributed by atoms with Crippen molar-refractivity contribution in [3.05, 3.63) is 12.7 Å². The second kappa shape index (κ2) is 5.13. The Bertz CT molecular complexity index is 688. The average Bonchev–Trinajstić information content (AvgIpc) is 3.18. The monoisotopic (exact) mass is 307 g/mol. The molecule has 1 saturated carbocycles. The van der Waals surface area contributed by atoms with Crippen LogP contribution in [0.2, 0.25) is 0 Å². The van der Waals surface area contributed by atoms with E-state index < -0.39 is 24.5 Å². The molecule has 2 aliphatic rings. The molecule has 22 heavy (non-hydrogen) atoms. The number of anilines is 1. The van der Waals surface area contributed by atoms with Gasteiger partial charge in [-0.05, 0) is 12.8 Å². The Balaban J connectivity index is 1.59. The highest BCUT2D eigenvalue weighted by molar-refractivity contribution is 5.81. The molecule has 1 aliphatic heterocycles. The maximum absolute atomic E-state index is 10.3. The molecule has 2 fully saturated rings. The summed E-state index contributed by atoms with van der Waals surface area (Å²) in [6, 6.07) is 0. The van der Waals surface area contributed by atoms with E-state index in [0.29, 0.717) is 11.2 Å². The minimum Gasteiger partial charge on any atom is -0.387 e. The third kappa shape index (κ3) is 2.22. The fourth-order valence-electron chi connectivity index (χ4n) is 2.62. The second-order valence-electron chi connectivity index (χ2n) is 5.66. The van der Waals surface area contributed by atoms with Gasteiger partial charge in [-0.3, -0.25) is 4.57 Å². The lowest BCUT2D eigenvalue weighted by atomic mass is 10.1. The zero-order valence-corrected chi connectivity index (χ0v) is 11.7. The summed E-state index contributed by atoms with van der Waals surface area (Å²) in [6.07, 6.45) is 1.63. The number of fused-ring (bicyclic) bond motifs is 1. The Labute approximate surface area is 125 Å². The topological polar surface area (TPSA) is 129 Å². The van der Waals surface area contributed by atoms with Crippen LogP contribution in [0.25, 0.3) is 11.2 Å². The summed E-state index contributed by atoms with van der Waals surface area (Å²) >= 11 is 0. The summed E-state index contributed by atoms with van der Waals surface area (Å²) in [5.41, 5.74) is 6.63. The molecule has 9 nitrogen and oxygen atoms in total. The van der Waals surface area contributed by atoms with Crippen LogP contribution in [0.3, 0.4) is 0 Å². The first-order valence-electron chi connectivity index (χ1n) is 7.21. The molecule has 4 rings (SSSR count). The number of rotatable bonds is 4. The fraction of sp³-hybridized carbons (Fsp3) is 0.615. The van der Waals surface area contributed by atoms with Gasteiger partial charge in [-0.1, -0.05) is 0 Å². The van der Waals surface area contributed by atoms with E-state index in [1.807, 2.05) is 0 Å². The van der Waals surface area contributed by atoms with Crippen molar-refractivity contribution in [1.29, 1.82) is 0 Å². The van der Waals surface area contributed by atoms with Crippen molar-refractivity contribution in [1.82, 2.24) is 19.5 Å². The van der Waals surface area contributed by atoms with E-state index in [1.165, 1.54) is 12.7 Å². The van der Waals surface area contributed by atoms with Crippen LogP contribution in [0.1, 0.15) is 19.1 Å². The minimum atomic E-state index is -1.10. The van der Waals surface area contributed by atoms with Crippen molar-refractivity contribution in [2.24, 2.45) is 0 Å². The standard InChI is InChI=1S/C13H17N5O4/c14-11-8-12(16-4-15-11)18(5-17-8)13-10(20)9(19)7(22-13)3-21-6-1-2-6/h4-7,9-10,13,19-20H,1-3H2,(H2,14,15,16). The Morgan fingerprint density at radius 2 is 2.09 bits per heavy atom. The highest BCUT2D eigenvalue weighted by atomic mass is 16.6. The summed E-state index contributed by atoms with van der Waals surface area (Å²) in [5, 5.41) is 20.4.